The minimum atomic E-state index is -0.937. The van der Waals surface area contributed by atoms with E-state index in [2.05, 4.69) is 17.4 Å². The first kappa shape index (κ1) is 16.7. The number of amides is 1. The van der Waals surface area contributed by atoms with Crippen LogP contribution in [0.1, 0.15) is 34.3 Å². The van der Waals surface area contributed by atoms with Crippen molar-refractivity contribution in [1.29, 1.82) is 0 Å². The van der Waals surface area contributed by atoms with Gasteiger partial charge in [0, 0.05) is 13.0 Å². The molecule has 0 spiro atoms. The van der Waals surface area contributed by atoms with Crippen molar-refractivity contribution in [3.8, 4) is 0 Å². The van der Waals surface area contributed by atoms with Crippen LogP contribution in [0.5, 0.6) is 0 Å². The first-order valence-corrected chi connectivity index (χ1v) is 7.78. The molecule has 2 N–H and O–H groups in total. The maximum Gasteiger partial charge on any atom is 0.335 e. The fourth-order valence-electron chi connectivity index (χ4n) is 2.33. The van der Waals surface area contributed by atoms with E-state index in [0.717, 1.165) is 18.4 Å². The lowest BCUT2D eigenvalue weighted by Gasteiger charge is -2.06. The van der Waals surface area contributed by atoms with Crippen molar-refractivity contribution in [2.45, 2.75) is 25.7 Å². The molecule has 0 atom stereocenters. The van der Waals surface area contributed by atoms with Gasteiger partial charge in [-0.05, 0) is 42.5 Å². The van der Waals surface area contributed by atoms with Gasteiger partial charge in [0.15, 0.2) is 0 Å². The monoisotopic (exact) mass is 311 g/mol. The zero-order valence-corrected chi connectivity index (χ0v) is 13.0. The van der Waals surface area contributed by atoms with Gasteiger partial charge in [0.2, 0.25) is 5.91 Å². The van der Waals surface area contributed by atoms with Crippen molar-refractivity contribution in [1.82, 2.24) is 5.32 Å². The second-order valence-corrected chi connectivity index (χ2v) is 5.44. The number of carbonyl (C=O) groups is 2. The Labute approximate surface area is 136 Å². The van der Waals surface area contributed by atoms with E-state index in [0.29, 0.717) is 19.4 Å². The Kier molecular flexibility index (Phi) is 6.36. The van der Waals surface area contributed by atoms with Gasteiger partial charge in [-0.1, -0.05) is 42.5 Å². The summed E-state index contributed by atoms with van der Waals surface area (Å²) < 4.78 is 0. The molecule has 0 unspecified atom stereocenters. The maximum atomic E-state index is 11.8. The first-order chi connectivity index (χ1) is 11.1. The molecule has 23 heavy (non-hydrogen) atoms. The average Bonchev–Trinajstić information content (AvgIpc) is 2.58. The van der Waals surface area contributed by atoms with E-state index >= 15 is 0 Å². The summed E-state index contributed by atoms with van der Waals surface area (Å²) in [6.45, 7) is 0.672. The summed E-state index contributed by atoms with van der Waals surface area (Å²) >= 11 is 0. The van der Waals surface area contributed by atoms with Crippen LogP contribution in [-0.2, 0) is 17.6 Å². The number of aryl methyl sites for hydroxylation is 2. The van der Waals surface area contributed by atoms with Gasteiger partial charge >= 0.3 is 5.97 Å². The quantitative estimate of drug-likeness (QED) is 0.736. The van der Waals surface area contributed by atoms with Gasteiger partial charge in [-0.3, -0.25) is 4.79 Å². The maximum absolute atomic E-state index is 11.8. The van der Waals surface area contributed by atoms with E-state index in [1.807, 2.05) is 18.2 Å². The van der Waals surface area contributed by atoms with E-state index in [4.69, 9.17) is 5.11 Å². The van der Waals surface area contributed by atoms with Gasteiger partial charge in [0.05, 0.1) is 5.56 Å². The van der Waals surface area contributed by atoms with Crippen molar-refractivity contribution in [2.75, 3.05) is 6.54 Å². The van der Waals surface area contributed by atoms with Crippen LogP contribution in [0, 0.1) is 0 Å². The van der Waals surface area contributed by atoms with E-state index in [9.17, 15) is 9.59 Å². The largest absolute Gasteiger partial charge is 0.478 e. The normalized spacial score (nSPS) is 10.3. The van der Waals surface area contributed by atoms with Crippen LogP contribution in [0.3, 0.4) is 0 Å². The molecule has 0 heterocycles. The van der Waals surface area contributed by atoms with Crippen molar-refractivity contribution >= 4 is 11.9 Å². The zero-order chi connectivity index (χ0) is 16.5. The Morgan fingerprint density at radius 1 is 0.870 bits per heavy atom. The van der Waals surface area contributed by atoms with Crippen LogP contribution in [0.4, 0.5) is 0 Å². The number of nitrogens with one attached hydrogen (secondary N) is 1. The smallest absolute Gasteiger partial charge is 0.335 e. The van der Waals surface area contributed by atoms with Crippen molar-refractivity contribution < 1.29 is 14.7 Å². The first-order valence-electron chi connectivity index (χ1n) is 7.78. The Morgan fingerprint density at radius 2 is 1.52 bits per heavy atom. The highest BCUT2D eigenvalue weighted by atomic mass is 16.4. The molecule has 120 valence electrons. The van der Waals surface area contributed by atoms with Crippen LogP contribution in [0.2, 0.25) is 0 Å². The van der Waals surface area contributed by atoms with E-state index < -0.39 is 5.97 Å². The topological polar surface area (TPSA) is 66.4 Å². The highest BCUT2D eigenvalue weighted by Gasteiger charge is 2.04. The third-order valence-corrected chi connectivity index (χ3v) is 3.65. The molecule has 0 aromatic heterocycles. The van der Waals surface area contributed by atoms with Gasteiger partial charge in [-0.2, -0.15) is 0 Å². The summed E-state index contributed by atoms with van der Waals surface area (Å²) in [5, 5.41) is 11.8. The highest BCUT2D eigenvalue weighted by Crippen LogP contribution is 2.07. The molecule has 0 aliphatic carbocycles. The highest BCUT2D eigenvalue weighted by molar-refractivity contribution is 5.87. The Hall–Kier alpha value is -2.62. The van der Waals surface area contributed by atoms with Gasteiger partial charge in [0.1, 0.15) is 0 Å². The molecule has 2 rings (SSSR count). The number of aromatic carboxylic acids is 1. The molecule has 2 aromatic rings. The van der Waals surface area contributed by atoms with E-state index in [1.165, 1.54) is 5.56 Å². The van der Waals surface area contributed by atoms with Gasteiger partial charge in [-0.15, -0.1) is 0 Å². The Balaban J connectivity index is 1.64. The Bertz CT molecular complexity index is 635. The molecule has 0 fully saturated rings. The van der Waals surface area contributed by atoms with Crippen molar-refractivity contribution in [2.24, 2.45) is 0 Å². The molecular formula is C19H21NO3. The molecule has 0 radical (unpaired) electrons. The molecule has 0 aliphatic heterocycles. The number of rotatable bonds is 8. The average molecular weight is 311 g/mol. The van der Waals surface area contributed by atoms with Crippen molar-refractivity contribution in [3.63, 3.8) is 0 Å². The predicted molar refractivity (Wildman–Crippen MR) is 89.5 cm³/mol. The second kappa shape index (κ2) is 8.73. The molecule has 4 heteroatoms. The van der Waals surface area contributed by atoms with E-state index in [1.54, 1.807) is 24.3 Å². The number of benzene rings is 2. The van der Waals surface area contributed by atoms with Crippen LogP contribution >= 0.6 is 0 Å². The molecule has 1 amide bonds. The third kappa shape index (κ3) is 5.94. The van der Waals surface area contributed by atoms with Crippen LogP contribution in [-0.4, -0.2) is 23.5 Å². The van der Waals surface area contributed by atoms with Crippen LogP contribution in [0.15, 0.2) is 54.6 Å². The lowest BCUT2D eigenvalue weighted by atomic mass is 10.1. The zero-order valence-electron chi connectivity index (χ0n) is 13.0. The fraction of sp³-hybridized carbons (Fsp3) is 0.263. The molecular weight excluding hydrogens is 290 g/mol. The van der Waals surface area contributed by atoms with E-state index in [-0.39, 0.29) is 11.5 Å². The molecule has 0 saturated carbocycles. The minimum Gasteiger partial charge on any atom is -0.478 e. The number of carboxylic acids is 1. The minimum absolute atomic E-state index is 0.0281. The molecule has 4 nitrogen and oxygen atoms in total. The molecule has 0 saturated heterocycles. The summed E-state index contributed by atoms with van der Waals surface area (Å²) in [6, 6.07) is 16.8. The SMILES string of the molecule is O=C(CCc1ccc(C(=O)O)cc1)NCCCc1ccccc1. The van der Waals surface area contributed by atoms with Crippen LogP contribution < -0.4 is 5.32 Å². The van der Waals surface area contributed by atoms with Gasteiger partial charge in [-0.25, -0.2) is 4.79 Å². The number of carbonyl (C=O) groups excluding carboxylic acids is 1. The Morgan fingerprint density at radius 3 is 2.17 bits per heavy atom. The van der Waals surface area contributed by atoms with Crippen LogP contribution in [0.25, 0.3) is 0 Å². The summed E-state index contributed by atoms with van der Waals surface area (Å²) in [4.78, 5) is 22.6. The number of hydrogen-bond acceptors (Lipinski definition) is 2. The second-order valence-electron chi connectivity index (χ2n) is 5.44. The molecule has 2 aromatic carbocycles. The molecule has 0 aliphatic rings. The fourth-order valence-corrected chi connectivity index (χ4v) is 2.33. The number of hydrogen-bond donors (Lipinski definition) is 2. The van der Waals surface area contributed by atoms with Gasteiger partial charge < -0.3 is 10.4 Å². The lowest BCUT2D eigenvalue weighted by Crippen LogP contribution is -2.24. The van der Waals surface area contributed by atoms with Crippen molar-refractivity contribution in [3.05, 3.63) is 71.3 Å². The summed E-state index contributed by atoms with van der Waals surface area (Å²) in [7, 11) is 0. The summed E-state index contributed by atoms with van der Waals surface area (Å²) in [6.07, 6.45) is 2.91. The standard InChI is InChI=1S/C19H21NO3/c21-18(20-14-4-7-15-5-2-1-3-6-15)13-10-16-8-11-17(12-9-16)19(22)23/h1-3,5-6,8-9,11-12H,4,7,10,13-14H2,(H,20,21)(H,22,23). The summed E-state index contributed by atoms with van der Waals surface area (Å²) in [5.74, 6) is -0.909. The predicted octanol–water partition coefficient (Wildman–Crippen LogP) is 3.07. The summed E-state index contributed by atoms with van der Waals surface area (Å²) in [5.41, 5.74) is 2.51. The van der Waals surface area contributed by atoms with Gasteiger partial charge in [0.25, 0.3) is 0 Å². The lowest BCUT2D eigenvalue weighted by molar-refractivity contribution is -0.121. The number of carboxylic acid groups (broad SMARTS) is 1. The third-order valence-electron chi connectivity index (χ3n) is 3.65. The molecule has 0 bridgehead atoms.